The Morgan fingerprint density at radius 3 is 2.57 bits per heavy atom. The number of hydrogen-bond donors (Lipinski definition) is 0. The lowest BCUT2D eigenvalue weighted by Gasteiger charge is -2.31. The van der Waals surface area contributed by atoms with Crippen molar-refractivity contribution < 1.29 is 0 Å². The van der Waals surface area contributed by atoms with Gasteiger partial charge in [-0.05, 0) is 48.1 Å². The molecule has 0 atom stereocenters. The first kappa shape index (κ1) is 13.5. The van der Waals surface area contributed by atoms with Crippen LogP contribution in [-0.4, -0.2) is 22.7 Å². The van der Waals surface area contributed by atoms with Gasteiger partial charge in [0.1, 0.15) is 0 Å². The fraction of sp³-hybridized carbons (Fsp3) is 0.222. The summed E-state index contributed by atoms with van der Waals surface area (Å²) < 4.78 is 3.76. The van der Waals surface area contributed by atoms with Crippen LogP contribution in [0.25, 0.3) is 22.2 Å². The SMILES string of the molecule is CS(C)(C)n1c2c(c3cc(Br)ccc31)Cc1ccccc1-2. The Hall–Kier alpha value is -1.19. The Morgan fingerprint density at radius 1 is 1.05 bits per heavy atom. The van der Waals surface area contributed by atoms with Gasteiger partial charge in [0, 0.05) is 21.8 Å². The lowest BCUT2D eigenvalue weighted by Crippen LogP contribution is -2.06. The molecule has 1 nitrogen and oxygen atoms in total. The number of benzene rings is 2. The first-order valence-corrected chi connectivity index (χ1v) is 10.7. The van der Waals surface area contributed by atoms with Gasteiger partial charge in [0.15, 0.2) is 0 Å². The Bertz CT molecular complexity index is 871. The van der Waals surface area contributed by atoms with Gasteiger partial charge in [-0.2, -0.15) is 10.2 Å². The molecule has 0 fully saturated rings. The summed E-state index contributed by atoms with van der Waals surface area (Å²) in [6.45, 7) is 0. The molecule has 1 aromatic heterocycles. The zero-order valence-corrected chi connectivity index (χ0v) is 14.9. The molecule has 0 saturated heterocycles. The second kappa shape index (κ2) is 4.40. The average Bonchev–Trinajstić information content (AvgIpc) is 2.92. The van der Waals surface area contributed by atoms with E-state index in [9.17, 15) is 0 Å². The molecule has 2 aromatic carbocycles. The van der Waals surface area contributed by atoms with Crippen LogP contribution in [0, 0.1) is 0 Å². The maximum Gasteiger partial charge on any atom is 0.0625 e. The number of halogens is 1. The fourth-order valence-corrected chi connectivity index (χ4v) is 5.28. The first-order chi connectivity index (χ1) is 9.97. The van der Waals surface area contributed by atoms with Gasteiger partial charge >= 0.3 is 0 Å². The quantitative estimate of drug-likeness (QED) is 0.426. The largest absolute Gasteiger partial charge is 0.302 e. The maximum absolute atomic E-state index is 3.63. The monoisotopic (exact) mass is 359 g/mol. The molecule has 3 aromatic rings. The molecule has 0 unspecified atom stereocenters. The van der Waals surface area contributed by atoms with Crippen molar-refractivity contribution in [3.05, 3.63) is 58.1 Å². The minimum absolute atomic E-state index is 0.866. The summed E-state index contributed by atoms with van der Waals surface area (Å²) in [5.74, 6) is 0. The van der Waals surface area contributed by atoms with Crippen LogP contribution < -0.4 is 0 Å². The van der Waals surface area contributed by atoms with Crippen molar-refractivity contribution >= 4 is 37.0 Å². The molecule has 1 aliphatic rings. The maximum atomic E-state index is 3.63. The van der Waals surface area contributed by atoms with Crippen LogP contribution in [0.1, 0.15) is 11.1 Å². The van der Waals surface area contributed by atoms with Crippen LogP contribution in [-0.2, 0) is 6.42 Å². The summed E-state index contributed by atoms with van der Waals surface area (Å²) in [6, 6.07) is 15.5. The van der Waals surface area contributed by atoms with Gasteiger partial charge in [0.25, 0.3) is 0 Å². The van der Waals surface area contributed by atoms with E-state index in [-0.39, 0.29) is 0 Å². The predicted octanol–water partition coefficient (Wildman–Crippen LogP) is 5.43. The Balaban J connectivity index is 2.18. The lowest BCUT2D eigenvalue weighted by molar-refractivity contribution is 1.28. The molecular weight excluding hydrogens is 342 g/mol. The molecule has 0 N–H and O–H groups in total. The zero-order valence-electron chi connectivity index (χ0n) is 12.5. The van der Waals surface area contributed by atoms with Crippen molar-refractivity contribution in [2.45, 2.75) is 6.42 Å². The molecule has 0 spiro atoms. The number of nitrogens with zero attached hydrogens (tertiary/aromatic N) is 1. The van der Waals surface area contributed by atoms with Crippen molar-refractivity contribution in [1.82, 2.24) is 3.97 Å². The molecule has 3 heteroatoms. The van der Waals surface area contributed by atoms with Gasteiger partial charge in [-0.3, -0.25) is 0 Å². The fourth-order valence-electron chi connectivity index (χ4n) is 3.41. The van der Waals surface area contributed by atoms with Gasteiger partial charge in [-0.15, -0.1) is 0 Å². The van der Waals surface area contributed by atoms with E-state index in [1.807, 2.05) is 0 Å². The van der Waals surface area contributed by atoms with Crippen molar-refractivity contribution in [2.24, 2.45) is 0 Å². The number of fused-ring (bicyclic) bond motifs is 5. The molecule has 0 aliphatic heterocycles. The summed E-state index contributed by atoms with van der Waals surface area (Å²) in [6.07, 6.45) is 8.17. The van der Waals surface area contributed by atoms with Gasteiger partial charge in [-0.25, -0.2) is 0 Å². The third kappa shape index (κ3) is 1.91. The van der Waals surface area contributed by atoms with Crippen molar-refractivity contribution in [2.75, 3.05) is 18.8 Å². The van der Waals surface area contributed by atoms with Crippen LogP contribution in [0.15, 0.2) is 46.9 Å². The summed E-state index contributed by atoms with van der Waals surface area (Å²) >= 11 is 3.63. The highest BCUT2D eigenvalue weighted by molar-refractivity contribution is 9.10. The van der Waals surface area contributed by atoms with Gasteiger partial charge < -0.3 is 3.97 Å². The Morgan fingerprint density at radius 2 is 1.81 bits per heavy atom. The molecular formula is C18H18BrNS. The van der Waals surface area contributed by atoms with Crippen LogP contribution in [0.2, 0.25) is 0 Å². The standard InChI is InChI=1S/C18H18BrNS/c1-21(2,3)20-17-9-8-13(19)11-15(17)16-10-12-6-4-5-7-14(12)18(16)20/h4-9,11H,10H2,1-3H3. The van der Waals surface area contributed by atoms with Crippen molar-refractivity contribution in [1.29, 1.82) is 0 Å². The van der Waals surface area contributed by atoms with E-state index >= 15 is 0 Å². The van der Waals surface area contributed by atoms with Crippen molar-refractivity contribution in [3.8, 4) is 11.3 Å². The van der Waals surface area contributed by atoms with E-state index in [4.69, 9.17) is 0 Å². The summed E-state index contributed by atoms with van der Waals surface area (Å²) in [5, 5.41) is 1.40. The van der Waals surface area contributed by atoms with Crippen LogP contribution in [0.3, 0.4) is 0 Å². The highest BCUT2D eigenvalue weighted by Gasteiger charge is 2.29. The van der Waals surface area contributed by atoms with Gasteiger partial charge in [0.2, 0.25) is 0 Å². The number of hydrogen-bond acceptors (Lipinski definition) is 0. The average molecular weight is 360 g/mol. The smallest absolute Gasteiger partial charge is 0.0625 e. The summed E-state index contributed by atoms with van der Waals surface area (Å²) in [4.78, 5) is 0. The minimum atomic E-state index is -0.866. The van der Waals surface area contributed by atoms with E-state index in [1.165, 1.54) is 33.3 Å². The second-order valence-electron chi connectivity index (χ2n) is 6.39. The summed E-state index contributed by atoms with van der Waals surface area (Å²) in [7, 11) is -0.866. The molecule has 108 valence electrons. The van der Waals surface area contributed by atoms with E-state index in [1.54, 1.807) is 0 Å². The molecule has 1 heterocycles. The van der Waals surface area contributed by atoms with Crippen LogP contribution in [0.5, 0.6) is 0 Å². The molecule has 4 rings (SSSR count). The summed E-state index contributed by atoms with van der Waals surface area (Å²) in [5.41, 5.74) is 7.19. The van der Waals surface area contributed by atoms with Crippen LogP contribution >= 0.6 is 26.1 Å². The van der Waals surface area contributed by atoms with Crippen LogP contribution in [0.4, 0.5) is 0 Å². The molecule has 1 aliphatic carbocycles. The molecule has 21 heavy (non-hydrogen) atoms. The van der Waals surface area contributed by atoms with E-state index in [0.717, 1.165) is 10.9 Å². The van der Waals surface area contributed by atoms with E-state index < -0.39 is 10.2 Å². The van der Waals surface area contributed by atoms with Crippen molar-refractivity contribution in [3.63, 3.8) is 0 Å². The molecule has 0 bridgehead atoms. The minimum Gasteiger partial charge on any atom is -0.302 e. The topological polar surface area (TPSA) is 4.93 Å². The van der Waals surface area contributed by atoms with Gasteiger partial charge in [0.05, 0.1) is 11.2 Å². The Kier molecular flexibility index (Phi) is 2.82. The molecule has 0 radical (unpaired) electrons. The van der Waals surface area contributed by atoms with Gasteiger partial charge in [-0.1, -0.05) is 40.2 Å². The lowest BCUT2D eigenvalue weighted by atomic mass is 10.1. The number of rotatable bonds is 1. The second-order valence-corrected chi connectivity index (χ2v) is 11.2. The molecule has 0 amide bonds. The first-order valence-electron chi connectivity index (χ1n) is 7.07. The molecule has 0 saturated carbocycles. The highest BCUT2D eigenvalue weighted by Crippen LogP contribution is 2.51. The highest BCUT2D eigenvalue weighted by atomic mass is 79.9. The van der Waals surface area contributed by atoms with E-state index in [2.05, 4.69) is 81.1 Å². The van der Waals surface area contributed by atoms with E-state index in [0.29, 0.717) is 0 Å². The Labute approximate surface area is 135 Å². The third-order valence-corrected chi connectivity index (χ3v) is 6.15. The number of aromatic nitrogens is 1. The normalized spacial score (nSPS) is 14.3. The zero-order chi connectivity index (χ0) is 14.8. The predicted molar refractivity (Wildman–Crippen MR) is 98.6 cm³/mol. The third-order valence-electron chi connectivity index (χ3n) is 4.18.